The summed E-state index contributed by atoms with van der Waals surface area (Å²) in [6, 6.07) is 13.2. The molecule has 2 saturated heterocycles. The molecule has 366 valence electrons. The molecule has 0 saturated carbocycles. The topological polar surface area (TPSA) is 215 Å². The number of ether oxygens (including phenoxy) is 6. The predicted octanol–water partition coefficient (Wildman–Crippen LogP) is 5.76. The van der Waals surface area contributed by atoms with Crippen molar-refractivity contribution < 1.29 is 63.2 Å². The van der Waals surface area contributed by atoms with E-state index in [1.807, 2.05) is 30.0 Å². The van der Waals surface area contributed by atoms with Crippen LogP contribution in [0.1, 0.15) is 92.7 Å². The molecule has 0 bridgehead atoms. The monoisotopic (exact) mass is 935 g/mol. The van der Waals surface area contributed by atoms with E-state index >= 15 is 0 Å². The van der Waals surface area contributed by atoms with E-state index in [4.69, 9.17) is 40.0 Å². The van der Waals surface area contributed by atoms with Crippen LogP contribution in [0.2, 0.25) is 5.02 Å². The van der Waals surface area contributed by atoms with Crippen LogP contribution < -0.4 is 10.6 Å². The van der Waals surface area contributed by atoms with Gasteiger partial charge in [-0.3, -0.25) is 9.69 Å². The van der Waals surface area contributed by atoms with E-state index in [1.54, 1.807) is 85.8 Å². The van der Waals surface area contributed by atoms with Crippen LogP contribution in [0.15, 0.2) is 48.5 Å². The zero-order valence-electron chi connectivity index (χ0n) is 39.9. The minimum atomic E-state index is -1.94. The number of aliphatic hydroxyl groups excluding tert-OH is 1. The number of carbonyl (C=O) groups excluding carboxylic acids is 3. The first kappa shape index (κ1) is 53.9. The Balaban J connectivity index is 1.71. The standard InChI is InChI=1S/C48H74ClN3O13/c1-12-37-48(9,59)42(65-45(57)50-23-21-33-17-19-35(53)20-18-33)31(5)52(10)27-28(2)25-46(7,58)41(64-44(56)51-24-22-34-15-13-14-16-36(34)49)29(3)39(30(4)43(55)62-37)63-38-26-47(8,60-11)40(54)32(6)61-38/h13-20,28-32,37-42,53-54,58-59H,12,21-27H2,1-11H3,(H,50,57)(H,51,56)/t28-,29+,30-,31-,32+,37-,38+,39+,40+,41-,42-,46-,47-,48-/m1/s1. The lowest BCUT2D eigenvalue weighted by Gasteiger charge is -2.47. The molecular weight excluding hydrogens is 862 g/mol. The molecule has 0 aliphatic carbocycles. The van der Waals surface area contributed by atoms with Crippen LogP contribution >= 0.6 is 11.6 Å². The maximum Gasteiger partial charge on any atom is 0.407 e. The number of nitrogens with zero attached hydrogens (tertiary/aromatic N) is 1. The molecule has 14 atom stereocenters. The van der Waals surface area contributed by atoms with Crippen molar-refractivity contribution in [3.05, 3.63) is 64.7 Å². The van der Waals surface area contributed by atoms with Crippen LogP contribution in [0.25, 0.3) is 0 Å². The number of aliphatic hydroxyl groups is 3. The summed E-state index contributed by atoms with van der Waals surface area (Å²) in [6.45, 7) is 15.9. The summed E-state index contributed by atoms with van der Waals surface area (Å²) in [5.41, 5.74) is -3.04. The molecule has 0 unspecified atom stereocenters. The Labute approximate surface area is 389 Å². The Morgan fingerprint density at radius 1 is 0.908 bits per heavy atom. The minimum absolute atomic E-state index is 0.0635. The molecule has 16 nitrogen and oxygen atoms in total. The molecule has 65 heavy (non-hydrogen) atoms. The number of benzene rings is 2. The van der Waals surface area contributed by atoms with Crippen molar-refractivity contribution in [1.29, 1.82) is 0 Å². The fraction of sp³-hybridized carbons (Fsp3) is 0.688. The summed E-state index contributed by atoms with van der Waals surface area (Å²) >= 11 is 6.37. The number of alkyl carbamates (subject to hydrolysis) is 2. The highest BCUT2D eigenvalue weighted by molar-refractivity contribution is 6.31. The van der Waals surface area contributed by atoms with Gasteiger partial charge in [0.1, 0.15) is 29.7 Å². The molecule has 2 heterocycles. The van der Waals surface area contributed by atoms with Crippen molar-refractivity contribution in [1.82, 2.24) is 15.5 Å². The van der Waals surface area contributed by atoms with Gasteiger partial charge >= 0.3 is 18.2 Å². The second-order valence-electron chi connectivity index (χ2n) is 18.9. The summed E-state index contributed by atoms with van der Waals surface area (Å²) in [7, 11) is 3.28. The van der Waals surface area contributed by atoms with Gasteiger partial charge in [-0.05, 0) is 110 Å². The first-order valence-electron chi connectivity index (χ1n) is 22.7. The van der Waals surface area contributed by atoms with E-state index < -0.39 is 95.8 Å². The average Bonchev–Trinajstić information content (AvgIpc) is 3.24. The molecule has 2 aliphatic rings. The molecule has 17 heteroatoms. The Morgan fingerprint density at radius 3 is 2.11 bits per heavy atom. The zero-order valence-corrected chi connectivity index (χ0v) is 40.7. The predicted molar refractivity (Wildman–Crippen MR) is 244 cm³/mol. The maximum atomic E-state index is 14.6. The number of methoxy groups -OCH3 is 1. The largest absolute Gasteiger partial charge is 0.508 e. The van der Waals surface area contributed by atoms with E-state index in [2.05, 4.69) is 10.6 Å². The molecular formula is C48H74ClN3O13. The third-order valence-corrected chi connectivity index (χ3v) is 13.7. The summed E-state index contributed by atoms with van der Waals surface area (Å²) in [5, 5.41) is 51.8. The Hall–Kier alpha value is -3.74. The molecule has 2 fully saturated rings. The van der Waals surface area contributed by atoms with Gasteiger partial charge in [0.25, 0.3) is 0 Å². The van der Waals surface area contributed by atoms with Crippen LogP contribution in [0, 0.1) is 17.8 Å². The van der Waals surface area contributed by atoms with Crippen molar-refractivity contribution in [3.8, 4) is 5.75 Å². The van der Waals surface area contributed by atoms with Gasteiger partial charge < -0.3 is 59.5 Å². The average molecular weight is 937 g/mol. The van der Waals surface area contributed by atoms with Gasteiger partial charge in [-0.1, -0.05) is 62.7 Å². The maximum absolute atomic E-state index is 14.6. The van der Waals surface area contributed by atoms with Crippen molar-refractivity contribution in [2.75, 3.05) is 33.8 Å². The van der Waals surface area contributed by atoms with E-state index in [0.29, 0.717) is 24.4 Å². The third kappa shape index (κ3) is 14.1. The lowest BCUT2D eigenvalue weighted by Crippen LogP contribution is -2.61. The van der Waals surface area contributed by atoms with Gasteiger partial charge in [0, 0.05) is 50.1 Å². The SMILES string of the molecule is CC[C@H]1OC(=O)[C@H](C)[C@@H](O[C@H]2C[C@@](C)(OC)[C@@H](O)[C@H](C)O2)[C@H](C)[C@@H](OC(=O)NCCc2ccccc2Cl)[C@](C)(O)C[C@@H](C)CN(C)[C@H](C)[C@@H](OC(=O)NCCc2ccc(O)cc2)[C@]1(C)O. The summed E-state index contributed by atoms with van der Waals surface area (Å²) < 4.78 is 37.0. The molecule has 4 rings (SSSR count). The number of halogens is 1. The van der Waals surface area contributed by atoms with E-state index in [9.17, 15) is 34.8 Å². The number of hydrogen-bond acceptors (Lipinski definition) is 14. The van der Waals surface area contributed by atoms with Crippen molar-refractivity contribution in [2.24, 2.45) is 17.8 Å². The number of amides is 2. The van der Waals surface area contributed by atoms with Gasteiger partial charge in [0.05, 0.1) is 29.3 Å². The van der Waals surface area contributed by atoms with Gasteiger partial charge in [-0.25, -0.2) is 9.59 Å². The molecule has 2 amide bonds. The molecule has 6 N–H and O–H groups in total. The lowest BCUT2D eigenvalue weighted by molar-refractivity contribution is -0.299. The fourth-order valence-electron chi connectivity index (χ4n) is 9.39. The van der Waals surface area contributed by atoms with E-state index in [1.165, 1.54) is 14.0 Å². The Bertz CT molecular complexity index is 1850. The van der Waals surface area contributed by atoms with Gasteiger partial charge in [-0.15, -0.1) is 0 Å². The van der Waals surface area contributed by atoms with Crippen molar-refractivity contribution in [2.45, 2.75) is 160 Å². The number of rotatable bonds is 12. The number of aromatic hydroxyl groups is 1. The lowest BCUT2D eigenvalue weighted by atomic mass is 9.78. The number of phenols is 1. The van der Waals surface area contributed by atoms with E-state index in [-0.39, 0.29) is 44.0 Å². The quantitative estimate of drug-likeness (QED) is 0.110. The van der Waals surface area contributed by atoms with Gasteiger partial charge in [-0.2, -0.15) is 0 Å². The molecule has 2 aromatic carbocycles. The highest BCUT2D eigenvalue weighted by atomic mass is 35.5. The van der Waals surface area contributed by atoms with Gasteiger partial charge in [0.15, 0.2) is 12.4 Å². The molecule has 0 aromatic heterocycles. The number of phenolic OH excluding ortho intramolecular Hbond substituents is 1. The van der Waals surface area contributed by atoms with Crippen LogP contribution in [0.4, 0.5) is 9.59 Å². The Kier molecular flexibility index (Phi) is 19.3. The highest BCUT2D eigenvalue weighted by Crippen LogP contribution is 2.39. The molecule has 2 aliphatic heterocycles. The number of cyclic esters (lactones) is 1. The molecule has 2 aromatic rings. The van der Waals surface area contributed by atoms with Crippen LogP contribution in [0.3, 0.4) is 0 Å². The van der Waals surface area contributed by atoms with Crippen molar-refractivity contribution in [3.63, 3.8) is 0 Å². The normalized spacial score (nSPS) is 35.5. The summed E-state index contributed by atoms with van der Waals surface area (Å²) in [4.78, 5) is 43.7. The first-order chi connectivity index (χ1) is 30.4. The smallest absolute Gasteiger partial charge is 0.407 e. The number of nitrogens with one attached hydrogen (secondary N) is 2. The van der Waals surface area contributed by atoms with Crippen molar-refractivity contribution >= 4 is 29.8 Å². The van der Waals surface area contributed by atoms with Crippen LogP contribution in [-0.4, -0.2) is 143 Å². The second-order valence-corrected chi connectivity index (χ2v) is 19.3. The van der Waals surface area contributed by atoms with Crippen LogP contribution in [-0.2, 0) is 46.1 Å². The fourth-order valence-corrected chi connectivity index (χ4v) is 9.62. The third-order valence-electron chi connectivity index (χ3n) is 13.3. The van der Waals surface area contributed by atoms with Gasteiger partial charge in [0.2, 0.25) is 0 Å². The second kappa shape index (κ2) is 23.3. The minimum Gasteiger partial charge on any atom is -0.508 e. The number of esters is 1. The summed E-state index contributed by atoms with van der Waals surface area (Å²) in [6.07, 6.45) is -8.07. The molecule has 0 spiro atoms. The number of hydrogen-bond donors (Lipinski definition) is 6. The zero-order chi connectivity index (χ0) is 48.4. The van der Waals surface area contributed by atoms with Crippen LogP contribution in [0.5, 0.6) is 5.75 Å². The number of likely N-dealkylation sites (N-methyl/N-ethyl adjacent to an activating group) is 1. The molecule has 0 radical (unpaired) electrons. The summed E-state index contributed by atoms with van der Waals surface area (Å²) in [5.74, 6) is -2.97. The Morgan fingerprint density at radius 2 is 1.51 bits per heavy atom. The number of carbonyl (C=O) groups is 3. The highest BCUT2D eigenvalue weighted by Gasteiger charge is 2.52. The van der Waals surface area contributed by atoms with E-state index in [0.717, 1.165) is 11.1 Å². The first-order valence-corrected chi connectivity index (χ1v) is 23.1.